The van der Waals surface area contributed by atoms with Crippen LogP contribution in [0.25, 0.3) is 0 Å². The molecule has 0 aliphatic carbocycles. The van der Waals surface area contributed by atoms with Gasteiger partial charge in [-0.3, -0.25) is 9.69 Å². The van der Waals surface area contributed by atoms with Crippen LogP contribution in [0.3, 0.4) is 0 Å². The van der Waals surface area contributed by atoms with Crippen molar-refractivity contribution >= 4 is 22.4 Å². The van der Waals surface area contributed by atoms with E-state index in [1.165, 1.54) is 0 Å². The number of amides is 1. The molecule has 138 valence electrons. The Morgan fingerprint density at radius 3 is 2.85 bits per heavy atom. The largest absolute Gasteiger partial charge is 0.454 e. The van der Waals surface area contributed by atoms with Gasteiger partial charge in [0.05, 0.1) is 12.6 Å². The van der Waals surface area contributed by atoms with Crippen molar-refractivity contribution in [3.63, 3.8) is 0 Å². The topological polar surface area (TPSA) is 66.9 Å². The molecule has 26 heavy (non-hydrogen) atoms. The molecule has 3 heterocycles. The monoisotopic (exact) mass is 374 g/mol. The number of fused-ring (bicyclic) bond motifs is 1. The van der Waals surface area contributed by atoms with E-state index in [9.17, 15) is 4.79 Å². The third kappa shape index (κ3) is 3.76. The molecular weight excluding hydrogens is 352 g/mol. The standard InChI is InChI=1S/C18H22N4O3S/c1-13(14-2-3-15-16(10-14)25-12-24-15)20-17(23)11-21-5-7-22(8-6-21)18-19-4-9-26-18/h2-4,9-10,13H,5-8,11-12H2,1H3,(H,20,23)/t13-/m0/s1. The normalized spacial score (nSPS) is 18.0. The van der Waals surface area contributed by atoms with Gasteiger partial charge in [0.15, 0.2) is 16.6 Å². The highest BCUT2D eigenvalue weighted by Crippen LogP contribution is 2.34. The molecule has 8 heteroatoms. The molecule has 2 aromatic rings. The molecule has 0 radical (unpaired) electrons. The van der Waals surface area contributed by atoms with Gasteiger partial charge in [0, 0.05) is 37.8 Å². The Morgan fingerprint density at radius 2 is 2.08 bits per heavy atom. The number of ether oxygens (including phenoxy) is 2. The van der Waals surface area contributed by atoms with Crippen LogP contribution in [0.15, 0.2) is 29.8 Å². The number of hydrogen-bond acceptors (Lipinski definition) is 7. The fraction of sp³-hybridized carbons (Fsp3) is 0.444. The van der Waals surface area contributed by atoms with Gasteiger partial charge in [-0.25, -0.2) is 4.98 Å². The van der Waals surface area contributed by atoms with Crippen LogP contribution in [0.5, 0.6) is 11.5 Å². The van der Waals surface area contributed by atoms with E-state index >= 15 is 0 Å². The van der Waals surface area contributed by atoms with Gasteiger partial charge in [-0.05, 0) is 24.6 Å². The number of benzene rings is 1. The zero-order chi connectivity index (χ0) is 17.9. The molecule has 1 atom stereocenters. The number of carbonyl (C=O) groups excluding carboxylic acids is 1. The number of aromatic nitrogens is 1. The summed E-state index contributed by atoms with van der Waals surface area (Å²) in [5.41, 5.74) is 1.01. The number of rotatable bonds is 5. The van der Waals surface area contributed by atoms with E-state index in [1.54, 1.807) is 11.3 Å². The summed E-state index contributed by atoms with van der Waals surface area (Å²) in [5.74, 6) is 1.53. The Kier molecular flexibility index (Phi) is 4.94. The zero-order valence-electron chi connectivity index (χ0n) is 14.7. The molecule has 1 saturated heterocycles. The molecule has 1 fully saturated rings. The third-order valence-corrected chi connectivity index (χ3v) is 5.54. The lowest BCUT2D eigenvalue weighted by Crippen LogP contribution is -2.49. The predicted octanol–water partition coefficient (Wildman–Crippen LogP) is 1.87. The van der Waals surface area contributed by atoms with E-state index in [-0.39, 0.29) is 18.7 Å². The fourth-order valence-corrected chi connectivity index (χ4v) is 3.92. The molecule has 2 aliphatic heterocycles. The quantitative estimate of drug-likeness (QED) is 0.862. The summed E-state index contributed by atoms with van der Waals surface area (Å²) in [6.07, 6.45) is 1.83. The first-order valence-corrected chi connectivity index (χ1v) is 9.63. The lowest BCUT2D eigenvalue weighted by atomic mass is 10.1. The first-order chi connectivity index (χ1) is 12.7. The highest BCUT2D eigenvalue weighted by atomic mass is 32.1. The summed E-state index contributed by atoms with van der Waals surface area (Å²) < 4.78 is 10.7. The van der Waals surface area contributed by atoms with Gasteiger partial charge in [-0.15, -0.1) is 11.3 Å². The summed E-state index contributed by atoms with van der Waals surface area (Å²) in [6, 6.07) is 5.71. The number of thiazole rings is 1. The molecule has 0 bridgehead atoms. The summed E-state index contributed by atoms with van der Waals surface area (Å²) in [4.78, 5) is 21.2. The Labute approximate surface area is 156 Å². The summed E-state index contributed by atoms with van der Waals surface area (Å²) in [5, 5.41) is 6.13. The molecule has 2 aliphatic rings. The highest BCUT2D eigenvalue weighted by molar-refractivity contribution is 7.13. The second-order valence-electron chi connectivity index (χ2n) is 6.48. The Hall–Kier alpha value is -2.32. The van der Waals surface area contributed by atoms with Crippen molar-refractivity contribution in [1.82, 2.24) is 15.2 Å². The van der Waals surface area contributed by atoms with Gasteiger partial charge in [0.1, 0.15) is 0 Å². The molecule has 1 aromatic heterocycles. The summed E-state index contributed by atoms with van der Waals surface area (Å²) in [6.45, 7) is 6.19. The van der Waals surface area contributed by atoms with E-state index in [4.69, 9.17) is 9.47 Å². The number of nitrogens with zero attached hydrogens (tertiary/aromatic N) is 3. The van der Waals surface area contributed by atoms with E-state index in [1.807, 2.05) is 36.7 Å². The van der Waals surface area contributed by atoms with Gasteiger partial charge < -0.3 is 19.7 Å². The molecule has 7 nitrogen and oxygen atoms in total. The lowest BCUT2D eigenvalue weighted by Gasteiger charge is -2.34. The second-order valence-corrected chi connectivity index (χ2v) is 7.35. The van der Waals surface area contributed by atoms with E-state index < -0.39 is 0 Å². The smallest absolute Gasteiger partial charge is 0.234 e. The van der Waals surface area contributed by atoms with Crippen LogP contribution in [-0.2, 0) is 4.79 Å². The predicted molar refractivity (Wildman–Crippen MR) is 99.9 cm³/mol. The molecule has 1 amide bonds. The van der Waals surface area contributed by atoms with Gasteiger partial charge in [0.25, 0.3) is 0 Å². The molecule has 0 spiro atoms. The summed E-state index contributed by atoms with van der Waals surface area (Å²) in [7, 11) is 0. The number of anilines is 1. The van der Waals surface area contributed by atoms with Crippen molar-refractivity contribution < 1.29 is 14.3 Å². The van der Waals surface area contributed by atoms with E-state index in [0.29, 0.717) is 6.54 Å². The molecule has 0 unspecified atom stereocenters. The first kappa shape index (κ1) is 17.1. The second kappa shape index (κ2) is 7.51. The molecular formula is C18H22N4O3S. The van der Waals surface area contributed by atoms with Crippen molar-refractivity contribution in [1.29, 1.82) is 0 Å². The van der Waals surface area contributed by atoms with Gasteiger partial charge >= 0.3 is 0 Å². The van der Waals surface area contributed by atoms with Crippen LogP contribution in [-0.4, -0.2) is 55.3 Å². The number of carbonyl (C=O) groups is 1. The minimum absolute atomic E-state index is 0.0397. The Balaban J connectivity index is 1.26. The van der Waals surface area contributed by atoms with Crippen molar-refractivity contribution in [2.75, 3.05) is 44.4 Å². The SMILES string of the molecule is C[C@H](NC(=O)CN1CCN(c2nccs2)CC1)c1ccc2c(c1)OCO2. The van der Waals surface area contributed by atoms with Gasteiger partial charge in [-0.2, -0.15) is 0 Å². The molecule has 1 N–H and O–H groups in total. The van der Waals surface area contributed by atoms with Gasteiger partial charge in [0.2, 0.25) is 12.7 Å². The number of nitrogens with one attached hydrogen (secondary N) is 1. The van der Waals surface area contributed by atoms with Crippen LogP contribution in [0.2, 0.25) is 0 Å². The molecule has 4 rings (SSSR count). The van der Waals surface area contributed by atoms with Crippen molar-refractivity contribution in [2.24, 2.45) is 0 Å². The average Bonchev–Trinajstić information content (AvgIpc) is 3.33. The van der Waals surface area contributed by atoms with Crippen molar-refractivity contribution in [3.05, 3.63) is 35.3 Å². The average molecular weight is 374 g/mol. The Morgan fingerprint density at radius 1 is 1.27 bits per heavy atom. The Bertz CT molecular complexity index is 760. The maximum Gasteiger partial charge on any atom is 0.234 e. The first-order valence-electron chi connectivity index (χ1n) is 8.75. The molecule has 0 saturated carbocycles. The van der Waals surface area contributed by atoms with Crippen LogP contribution >= 0.6 is 11.3 Å². The molecule has 1 aromatic carbocycles. The van der Waals surface area contributed by atoms with Crippen molar-refractivity contribution in [3.8, 4) is 11.5 Å². The lowest BCUT2D eigenvalue weighted by molar-refractivity contribution is -0.123. The zero-order valence-corrected chi connectivity index (χ0v) is 15.5. The van der Waals surface area contributed by atoms with Crippen LogP contribution in [0.4, 0.5) is 5.13 Å². The van der Waals surface area contributed by atoms with Gasteiger partial charge in [-0.1, -0.05) is 6.07 Å². The fourth-order valence-electron chi connectivity index (χ4n) is 3.23. The van der Waals surface area contributed by atoms with Crippen LogP contribution in [0, 0.1) is 0 Å². The minimum atomic E-state index is -0.0754. The maximum atomic E-state index is 12.4. The highest BCUT2D eigenvalue weighted by Gasteiger charge is 2.22. The van der Waals surface area contributed by atoms with Crippen molar-refractivity contribution in [2.45, 2.75) is 13.0 Å². The van der Waals surface area contributed by atoms with E-state index in [2.05, 4.69) is 20.1 Å². The van der Waals surface area contributed by atoms with Crippen LogP contribution in [0.1, 0.15) is 18.5 Å². The maximum absolute atomic E-state index is 12.4. The number of hydrogen-bond donors (Lipinski definition) is 1. The summed E-state index contributed by atoms with van der Waals surface area (Å²) >= 11 is 1.66. The minimum Gasteiger partial charge on any atom is -0.454 e. The third-order valence-electron chi connectivity index (χ3n) is 4.70. The van der Waals surface area contributed by atoms with E-state index in [0.717, 1.165) is 48.4 Å². The number of piperazine rings is 1. The van der Waals surface area contributed by atoms with Crippen LogP contribution < -0.4 is 19.7 Å².